The van der Waals surface area contributed by atoms with Gasteiger partial charge in [0.15, 0.2) is 0 Å². The number of benzene rings is 4. The van der Waals surface area contributed by atoms with Crippen LogP contribution in [0.3, 0.4) is 0 Å². The summed E-state index contributed by atoms with van der Waals surface area (Å²) in [5.74, 6) is 1.50. The molecule has 41 heavy (non-hydrogen) atoms. The smallest absolute Gasteiger partial charge is 0.104 e. The Morgan fingerprint density at radius 3 is 2.46 bits per heavy atom. The van der Waals surface area contributed by atoms with E-state index in [4.69, 9.17) is 9.72 Å². The van der Waals surface area contributed by atoms with E-state index in [0.717, 1.165) is 51.3 Å². The molecule has 0 saturated heterocycles. The quantitative estimate of drug-likeness (QED) is 0.172. The number of nitrogens with zero attached hydrogens (tertiary/aromatic N) is 2. The molecule has 3 heterocycles. The van der Waals surface area contributed by atoms with Crippen LogP contribution >= 0.6 is 0 Å². The van der Waals surface area contributed by atoms with Crippen LogP contribution in [0.25, 0.3) is 44.3 Å². The Balaban J connectivity index is 0.000000173. The van der Waals surface area contributed by atoms with Crippen LogP contribution < -0.4 is 4.74 Å². The fourth-order valence-corrected chi connectivity index (χ4v) is 5.37. The average Bonchev–Trinajstić information content (AvgIpc) is 2.97. The topological polar surface area (TPSA) is 35.0 Å². The number of hydrogen-bond acceptors (Lipinski definition) is 3. The molecule has 0 bridgehead atoms. The minimum atomic E-state index is 0. The third-order valence-electron chi connectivity index (χ3n) is 7.27. The van der Waals surface area contributed by atoms with Gasteiger partial charge in [-0.25, -0.2) is 0 Å². The van der Waals surface area contributed by atoms with E-state index in [1.165, 1.54) is 27.5 Å². The summed E-state index contributed by atoms with van der Waals surface area (Å²) in [7, 11) is 0. The first-order valence-corrected chi connectivity index (χ1v) is 13.9. The minimum absolute atomic E-state index is 0. The third kappa shape index (κ3) is 6.10. The minimum Gasteiger partial charge on any atom is -0.506 e. The van der Waals surface area contributed by atoms with Gasteiger partial charge in [0.2, 0.25) is 0 Å². The fraction of sp³-hybridized carbons (Fsp3) is 0.189. The van der Waals surface area contributed by atoms with E-state index in [2.05, 4.69) is 87.3 Å². The number of pyridine rings is 2. The Labute approximate surface area is 256 Å². The summed E-state index contributed by atoms with van der Waals surface area (Å²) in [5, 5.41) is 2.37. The van der Waals surface area contributed by atoms with E-state index in [1.807, 2.05) is 48.5 Å². The zero-order valence-electron chi connectivity index (χ0n) is 23.8. The Morgan fingerprint density at radius 1 is 0.854 bits per heavy atom. The van der Waals surface area contributed by atoms with Gasteiger partial charge in [0, 0.05) is 31.2 Å². The number of fused-ring (bicyclic) bond motifs is 5. The van der Waals surface area contributed by atoms with Crippen LogP contribution in [0.4, 0.5) is 0 Å². The van der Waals surface area contributed by atoms with Gasteiger partial charge in [0.25, 0.3) is 0 Å². The molecule has 1 aliphatic heterocycles. The predicted octanol–water partition coefficient (Wildman–Crippen LogP) is 9.11. The number of aryl methyl sites for hydroxylation is 2. The summed E-state index contributed by atoms with van der Waals surface area (Å²) in [6.45, 7) is 9.32. The fourth-order valence-electron chi connectivity index (χ4n) is 5.37. The van der Waals surface area contributed by atoms with Crippen LogP contribution in [-0.2, 0) is 33.1 Å². The Hall–Kier alpha value is -3.85. The summed E-state index contributed by atoms with van der Waals surface area (Å²) in [6.07, 6.45) is 1.05. The third-order valence-corrected chi connectivity index (χ3v) is 7.27. The summed E-state index contributed by atoms with van der Waals surface area (Å²) >= 11 is 0. The molecule has 6 aromatic rings. The van der Waals surface area contributed by atoms with Crippen molar-refractivity contribution >= 4 is 21.8 Å². The first kappa shape index (κ1) is 28.7. The molecule has 207 valence electrons. The second kappa shape index (κ2) is 12.3. The van der Waals surface area contributed by atoms with Crippen LogP contribution in [-0.4, -0.2) is 9.97 Å². The van der Waals surface area contributed by atoms with Crippen molar-refractivity contribution < 1.29 is 24.8 Å². The van der Waals surface area contributed by atoms with E-state index < -0.39 is 0 Å². The molecule has 0 fully saturated rings. The SMILES string of the molecule is Cc1[c-]c2c(c(C)c1)COc1cc3c(CC(C)C)cccc3nc1-2.[Ir].[c-]1ccccc1-c1ccc2ccccc2n1. The molecular weight excluding hydrogens is 681 g/mol. The summed E-state index contributed by atoms with van der Waals surface area (Å²) in [6, 6.07) is 37.6. The summed E-state index contributed by atoms with van der Waals surface area (Å²) < 4.78 is 6.06. The van der Waals surface area contributed by atoms with Crippen molar-refractivity contribution in [3.8, 4) is 28.3 Å². The maximum atomic E-state index is 6.06. The van der Waals surface area contributed by atoms with Gasteiger partial charge in [-0.3, -0.25) is 9.97 Å². The Morgan fingerprint density at radius 2 is 1.66 bits per heavy atom. The Bertz CT molecular complexity index is 1830. The van der Waals surface area contributed by atoms with E-state index in [9.17, 15) is 0 Å². The first-order chi connectivity index (χ1) is 19.5. The monoisotopic (exact) mass is 713 g/mol. The molecule has 0 aliphatic carbocycles. The van der Waals surface area contributed by atoms with E-state index in [1.54, 1.807) is 0 Å². The van der Waals surface area contributed by atoms with Crippen LogP contribution in [0.1, 0.15) is 36.1 Å². The standard InChI is InChI=1S/C22H22NO.C15H10N.Ir/c1-13(2)8-16-6-5-7-20-17(16)11-21-22(23-20)18-10-14(3)9-15(4)19(18)12-24-21;1-2-6-12(7-3-1)15-11-10-13-8-4-5-9-14(13)16-15;/h5-7,9,11,13H,8,12H2,1-4H3;1-6,8-11H;/q2*-1;. The van der Waals surface area contributed by atoms with Crippen LogP contribution in [0.15, 0.2) is 91.0 Å². The summed E-state index contributed by atoms with van der Waals surface area (Å²) in [5.41, 5.74) is 11.1. The molecule has 0 amide bonds. The van der Waals surface area contributed by atoms with Crippen LogP contribution in [0.2, 0.25) is 0 Å². The van der Waals surface area contributed by atoms with Crippen molar-refractivity contribution in [3.63, 3.8) is 0 Å². The van der Waals surface area contributed by atoms with Gasteiger partial charge >= 0.3 is 0 Å². The zero-order valence-corrected chi connectivity index (χ0v) is 26.2. The van der Waals surface area contributed by atoms with Gasteiger partial charge < -0.3 is 4.74 Å². The van der Waals surface area contributed by atoms with Gasteiger partial charge in [-0.05, 0) is 47.2 Å². The van der Waals surface area contributed by atoms with E-state index in [-0.39, 0.29) is 20.1 Å². The van der Waals surface area contributed by atoms with Gasteiger partial charge in [-0.15, -0.1) is 64.7 Å². The van der Waals surface area contributed by atoms with Crippen LogP contribution in [0.5, 0.6) is 5.75 Å². The molecule has 4 aromatic carbocycles. The normalized spacial score (nSPS) is 11.6. The molecular formula is C37H32IrN2O-2. The number of rotatable bonds is 3. The number of ether oxygens (including phenoxy) is 1. The zero-order chi connectivity index (χ0) is 27.6. The van der Waals surface area contributed by atoms with Crippen molar-refractivity contribution in [3.05, 3.63) is 125 Å². The molecule has 0 N–H and O–H groups in total. The van der Waals surface area contributed by atoms with E-state index >= 15 is 0 Å². The van der Waals surface area contributed by atoms with Crippen molar-refractivity contribution in [1.82, 2.24) is 9.97 Å². The van der Waals surface area contributed by atoms with Crippen molar-refractivity contribution in [2.75, 3.05) is 0 Å². The molecule has 0 atom stereocenters. The molecule has 1 radical (unpaired) electrons. The molecule has 2 aromatic heterocycles. The van der Waals surface area contributed by atoms with E-state index in [0.29, 0.717) is 12.5 Å². The molecule has 7 rings (SSSR count). The number of hydrogen-bond donors (Lipinski definition) is 0. The Kier molecular flexibility index (Phi) is 8.63. The number of aromatic nitrogens is 2. The van der Waals surface area contributed by atoms with Crippen molar-refractivity contribution in [1.29, 1.82) is 0 Å². The first-order valence-electron chi connectivity index (χ1n) is 13.9. The second-order valence-corrected chi connectivity index (χ2v) is 10.9. The van der Waals surface area contributed by atoms with Gasteiger partial charge in [0.1, 0.15) is 5.75 Å². The van der Waals surface area contributed by atoms with Crippen LogP contribution in [0, 0.1) is 31.9 Å². The number of para-hydroxylation sites is 1. The molecule has 4 heteroatoms. The van der Waals surface area contributed by atoms with Crippen molar-refractivity contribution in [2.45, 2.75) is 40.7 Å². The predicted molar refractivity (Wildman–Crippen MR) is 164 cm³/mol. The van der Waals surface area contributed by atoms with Gasteiger partial charge in [-0.2, -0.15) is 0 Å². The average molecular weight is 713 g/mol. The molecule has 0 saturated carbocycles. The maximum Gasteiger partial charge on any atom is 0.104 e. The summed E-state index contributed by atoms with van der Waals surface area (Å²) in [4.78, 5) is 9.57. The maximum absolute atomic E-state index is 6.06. The second-order valence-electron chi connectivity index (χ2n) is 10.9. The molecule has 0 unspecified atom stereocenters. The largest absolute Gasteiger partial charge is 0.506 e. The van der Waals surface area contributed by atoms with Gasteiger partial charge in [-0.1, -0.05) is 75.7 Å². The molecule has 3 nitrogen and oxygen atoms in total. The molecule has 0 spiro atoms. The van der Waals surface area contributed by atoms with Gasteiger partial charge in [0.05, 0.1) is 17.6 Å². The van der Waals surface area contributed by atoms with Crippen molar-refractivity contribution in [2.24, 2.45) is 5.92 Å². The molecule has 1 aliphatic rings.